The van der Waals surface area contributed by atoms with Crippen molar-refractivity contribution in [2.24, 2.45) is 5.92 Å². The quantitative estimate of drug-likeness (QED) is 0.599. The van der Waals surface area contributed by atoms with Gasteiger partial charge in [-0.05, 0) is 77.7 Å². The number of piperidine rings is 1. The van der Waals surface area contributed by atoms with Crippen molar-refractivity contribution in [2.75, 3.05) is 23.3 Å². The first-order chi connectivity index (χ1) is 14.9. The molecule has 8 heteroatoms. The summed E-state index contributed by atoms with van der Waals surface area (Å²) in [6.07, 6.45) is 1.60. The molecule has 31 heavy (non-hydrogen) atoms. The van der Waals surface area contributed by atoms with Gasteiger partial charge in [0.05, 0.1) is 17.3 Å². The van der Waals surface area contributed by atoms with Gasteiger partial charge < -0.3 is 10.2 Å². The van der Waals surface area contributed by atoms with E-state index in [0.29, 0.717) is 18.1 Å². The Balaban J connectivity index is 1.52. The highest BCUT2D eigenvalue weighted by Gasteiger charge is 2.27. The minimum atomic E-state index is -0.437. The Labute approximate surface area is 187 Å². The number of benzene rings is 2. The van der Waals surface area contributed by atoms with E-state index in [-0.39, 0.29) is 17.4 Å². The van der Waals surface area contributed by atoms with E-state index in [1.54, 1.807) is 12.1 Å². The third-order valence-corrected chi connectivity index (χ3v) is 5.99. The molecular formula is C23H22BrFN4O2. The van der Waals surface area contributed by atoms with Gasteiger partial charge in [-0.25, -0.2) is 4.39 Å². The molecule has 0 aliphatic carbocycles. The summed E-state index contributed by atoms with van der Waals surface area (Å²) in [5, 5.41) is 7.44. The fourth-order valence-electron chi connectivity index (χ4n) is 3.72. The molecule has 2 aromatic carbocycles. The van der Waals surface area contributed by atoms with Crippen LogP contribution in [0.1, 0.15) is 18.4 Å². The maximum absolute atomic E-state index is 13.6. The summed E-state index contributed by atoms with van der Waals surface area (Å²) in [5.74, 6) is -0.113. The van der Waals surface area contributed by atoms with Gasteiger partial charge in [-0.3, -0.25) is 9.59 Å². The Morgan fingerprint density at radius 3 is 2.81 bits per heavy atom. The lowest BCUT2D eigenvalue weighted by molar-refractivity contribution is -0.120. The SMILES string of the molecule is Cc1ccc(NC(=O)[C@@H]2CCCN(c3ccc(=O)n(-c4cccc(F)c4)n3)C2)c(Br)c1. The first-order valence-electron chi connectivity index (χ1n) is 10.1. The third kappa shape index (κ3) is 4.85. The predicted molar refractivity (Wildman–Crippen MR) is 122 cm³/mol. The molecule has 1 saturated heterocycles. The lowest BCUT2D eigenvalue weighted by atomic mass is 9.97. The van der Waals surface area contributed by atoms with E-state index in [0.717, 1.165) is 35.1 Å². The Kier molecular flexibility index (Phi) is 6.18. The number of anilines is 2. The summed E-state index contributed by atoms with van der Waals surface area (Å²) in [6, 6.07) is 14.6. The van der Waals surface area contributed by atoms with Gasteiger partial charge in [0.1, 0.15) is 11.6 Å². The number of nitrogens with one attached hydrogen (secondary N) is 1. The van der Waals surface area contributed by atoms with Crippen molar-refractivity contribution >= 4 is 33.3 Å². The van der Waals surface area contributed by atoms with Crippen molar-refractivity contribution in [3.05, 3.63) is 80.8 Å². The molecule has 2 heterocycles. The molecule has 3 aromatic rings. The molecule has 6 nitrogen and oxygen atoms in total. The van der Waals surface area contributed by atoms with Gasteiger partial charge in [0.25, 0.3) is 5.56 Å². The third-order valence-electron chi connectivity index (χ3n) is 5.34. The normalized spacial score (nSPS) is 16.2. The summed E-state index contributed by atoms with van der Waals surface area (Å²) < 4.78 is 15.6. The number of halogens is 2. The Morgan fingerprint density at radius 2 is 2.03 bits per heavy atom. The van der Waals surface area contributed by atoms with Crippen LogP contribution in [-0.4, -0.2) is 28.8 Å². The zero-order valence-electron chi connectivity index (χ0n) is 17.0. The molecule has 1 atom stereocenters. The summed E-state index contributed by atoms with van der Waals surface area (Å²) in [5.41, 5.74) is 1.87. The maximum atomic E-state index is 13.6. The molecule has 1 aromatic heterocycles. The van der Waals surface area contributed by atoms with Crippen LogP contribution in [0, 0.1) is 18.7 Å². The van der Waals surface area contributed by atoms with Crippen LogP contribution < -0.4 is 15.8 Å². The highest BCUT2D eigenvalue weighted by atomic mass is 79.9. The maximum Gasteiger partial charge on any atom is 0.271 e. The second-order valence-electron chi connectivity index (χ2n) is 7.68. The van der Waals surface area contributed by atoms with Crippen LogP contribution in [0.4, 0.5) is 15.9 Å². The highest BCUT2D eigenvalue weighted by molar-refractivity contribution is 9.10. The Morgan fingerprint density at radius 1 is 1.19 bits per heavy atom. The number of carbonyl (C=O) groups is 1. The topological polar surface area (TPSA) is 67.2 Å². The second kappa shape index (κ2) is 9.01. The molecule has 1 aliphatic rings. The van der Waals surface area contributed by atoms with Crippen LogP contribution in [0.25, 0.3) is 5.69 Å². The van der Waals surface area contributed by atoms with Gasteiger partial charge in [0, 0.05) is 23.6 Å². The van der Waals surface area contributed by atoms with Crippen LogP contribution in [0.15, 0.2) is 63.9 Å². The summed E-state index contributed by atoms with van der Waals surface area (Å²) in [7, 11) is 0. The Hall–Kier alpha value is -3.00. The van der Waals surface area contributed by atoms with E-state index in [1.165, 1.54) is 28.9 Å². The van der Waals surface area contributed by atoms with E-state index in [1.807, 2.05) is 30.0 Å². The van der Waals surface area contributed by atoms with Crippen LogP contribution in [0.3, 0.4) is 0 Å². The number of aryl methyl sites for hydroxylation is 1. The summed E-state index contributed by atoms with van der Waals surface area (Å²) in [4.78, 5) is 27.2. The lowest BCUT2D eigenvalue weighted by Gasteiger charge is -2.33. The van der Waals surface area contributed by atoms with Gasteiger partial charge in [0.2, 0.25) is 5.91 Å². The van der Waals surface area contributed by atoms with Gasteiger partial charge in [0.15, 0.2) is 0 Å². The molecule has 1 aliphatic heterocycles. The van der Waals surface area contributed by atoms with E-state index in [9.17, 15) is 14.0 Å². The summed E-state index contributed by atoms with van der Waals surface area (Å²) >= 11 is 3.50. The second-order valence-corrected chi connectivity index (χ2v) is 8.53. The van der Waals surface area contributed by atoms with Gasteiger partial charge in [-0.15, -0.1) is 5.10 Å². The molecule has 0 saturated carbocycles. The number of hydrogen-bond acceptors (Lipinski definition) is 4. The highest BCUT2D eigenvalue weighted by Crippen LogP contribution is 2.26. The monoisotopic (exact) mass is 484 g/mol. The average molecular weight is 485 g/mol. The van der Waals surface area contributed by atoms with E-state index in [4.69, 9.17) is 0 Å². The first kappa shape index (κ1) is 21.2. The minimum absolute atomic E-state index is 0.0484. The molecule has 1 amide bonds. The first-order valence-corrected chi connectivity index (χ1v) is 10.9. The fraction of sp³-hybridized carbons (Fsp3) is 0.261. The van der Waals surface area contributed by atoms with Crippen LogP contribution in [0.2, 0.25) is 0 Å². The minimum Gasteiger partial charge on any atom is -0.354 e. The van der Waals surface area contributed by atoms with Crippen molar-refractivity contribution in [3.8, 4) is 5.69 Å². The number of hydrogen-bond donors (Lipinski definition) is 1. The van der Waals surface area contributed by atoms with Crippen LogP contribution in [-0.2, 0) is 4.79 Å². The largest absolute Gasteiger partial charge is 0.354 e. The molecule has 160 valence electrons. The average Bonchev–Trinajstić information content (AvgIpc) is 2.76. The van der Waals surface area contributed by atoms with Crippen LogP contribution in [0.5, 0.6) is 0 Å². The van der Waals surface area contributed by atoms with E-state index < -0.39 is 5.82 Å². The van der Waals surface area contributed by atoms with Crippen molar-refractivity contribution in [2.45, 2.75) is 19.8 Å². The van der Waals surface area contributed by atoms with Gasteiger partial charge >= 0.3 is 0 Å². The van der Waals surface area contributed by atoms with Crippen molar-refractivity contribution < 1.29 is 9.18 Å². The van der Waals surface area contributed by atoms with Gasteiger partial charge in [-0.2, -0.15) is 4.68 Å². The molecule has 0 unspecified atom stereocenters. The van der Waals surface area contributed by atoms with Crippen LogP contribution >= 0.6 is 15.9 Å². The van der Waals surface area contributed by atoms with E-state index in [2.05, 4.69) is 26.3 Å². The molecule has 0 bridgehead atoms. The molecule has 1 N–H and O–H groups in total. The van der Waals surface area contributed by atoms with Crippen molar-refractivity contribution in [1.29, 1.82) is 0 Å². The standard InChI is InChI=1S/C23H22BrFN4O2/c1-15-7-8-20(19(24)12-15)26-23(31)16-4-3-11-28(14-16)21-9-10-22(30)29(27-21)18-6-2-5-17(25)13-18/h2,5-10,12-13,16H,3-4,11,14H2,1H3,(H,26,31)/t16-/m1/s1. The van der Waals surface area contributed by atoms with Crippen molar-refractivity contribution in [3.63, 3.8) is 0 Å². The molecular weight excluding hydrogens is 463 g/mol. The zero-order valence-corrected chi connectivity index (χ0v) is 18.6. The predicted octanol–water partition coefficient (Wildman–Crippen LogP) is 4.30. The molecule has 4 rings (SSSR count). The van der Waals surface area contributed by atoms with E-state index >= 15 is 0 Å². The molecule has 1 fully saturated rings. The fourth-order valence-corrected chi connectivity index (χ4v) is 4.31. The smallest absolute Gasteiger partial charge is 0.271 e. The number of amides is 1. The summed E-state index contributed by atoms with van der Waals surface area (Å²) in [6.45, 7) is 3.21. The zero-order chi connectivity index (χ0) is 22.0. The number of rotatable bonds is 4. The lowest BCUT2D eigenvalue weighted by Crippen LogP contribution is -2.41. The molecule has 0 radical (unpaired) electrons. The van der Waals surface area contributed by atoms with Gasteiger partial charge in [-0.1, -0.05) is 12.1 Å². The number of carbonyl (C=O) groups excluding carboxylic acids is 1. The molecule has 0 spiro atoms. The number of nitrogens with zero attached hydrogens (tertiary/aromatic N) is 3. The van der Waals surface area contributed by atoms with Crippen molar-refractivity contribution in [1.82, 2.24) is 9.78 Å². The number of aromatic nitrogens is 2. The Bertz CT molecular complexity index is 1180.